The number of amides is 1. The number of hydrogen-bond donors (Lipinski definition) is 1. The lowest BCUT2D eigenvalue weighted by molar-refractivity contribution is -0.137. The molecule has 0 saturated carbocycles. The minimum Gasteiger partial charge on any atom is -0.323 e. The third kappa shape index (κ3) is 5.40. The van der Waals surface area contributed by atoms with Gasteiger partial charge in [0.25, 0.3) is 0 Å². The van der Waals surface area contributed by atoms with Crippen LogP contribution in [-0.2, 0) is 17.5 Å². The van der Waals surface area contributed by atoms with Crippen molar-refractivity contribution in [1.29, 1.82) is 0 Å². The van der Waals surface area contributed by atoms with Gasteiger partial charge in [0.1, 0.15) is 11.6 Å². The highest BCUT2D eigenvalue weighted by molar-refractivity contribution is 6.34. The molecular weight excluding hydrogens is 391 g/mol. The number of rotatable bonds is 6. The average Bonchev–Trinajstić information content (AvgIpc) is 2.58. The monoisotopic (exact) mass is 406 g/mol. The van der Waals surface area contributed by atoms with E-state index in [4.69, 9.17) is 11.6 Å². The average molecular weight is 407 g/mol. The van der Waals surface area contributed by atoms with Crippen LogP contribution in [0.1, 0.15) is 18.1 Å². The Kier molecular flexibility index (Phi) is 6.78. The van der Waals surface area contributed by atoms with Gasteiger partial charge in [0.05, 0.1) is 22.8 Å². The summed E-state index contributed by atoms with van der Waals surface area (Å²) in [7, 11) is 0. The van der Waals surface area contributed by atoms with Gasteiger partial charge in [0, 0.05) is 12.1 Å². The lowest BCUT2D eigenvalue weighted by Gasteiger charge is -2.21. The molecule has 0 aliphatic carbocycles. The van der Waals surface area contributed by atoms with Gasteiger partial charge >= 0.3 is 6.18 Å². The van der Waals surface area contributed by atoms with Crippen LogP contribution in [0.3, 0.4) is 0 Å². The van der Waals surface area contributed by atoms with Gasteiger partial charge in [-0.15, -0.1) is 0 Å². The highest BCUT2D eigenvalue weighted by Crippen LogP contribution is 2.38. The van der Waals surface area contributed by atoms with E-state index in [1.165, 1.54) is 17.0 Å². The van der Waals surface area contributed by atoms with E-state index in [0.717, 1.165) is 24.3 Å². The maximum atomic E-state index is 13.8. The molecule has 0 bridgehead atoms. The lowest BCUT2D eigenvalue weighted by Crippen LogP contribution is -2.33. The normalized spacial score (nSPS) is 11.7. The van der Waals surface area contributed by atoms with E-state index in [2.05, 4.69) is 5.32 Å². The number of hydrogen-bond acceptors (Lipinski definition) is 2. The van der Waals surface area contributed by atoms with Crippen LogP contribution in [0.4, 0.5) is 27.6 Å². The van der Waals surface area contributed by atoms with Crippen molar-refractivity contribution in [3.05, 3.63) is 64.2 Å². The van der Waals surface area contributed by atoms with Crippen molar-refractivity contribution in [2.45, 2.75) is 19.6 Å². The molecule has 2 rings (SSSR count). The summed E-state index contributed by atoms with van der Waals surface area (Å²) >= 11 is 5.79. The van der Waals surface area contributed by atoms with Gasteiger partial charge in [-0.1, -0.05) is 30.7 Å². The van der Waals surface area contributed by atoms with E-state index in [1.54, 1.807) is 6.92 Å². The first-order chi connectivity index (χ1) is 12.6. The Morgan fingerprint density at radius 1 is 1.11 bits per heavy atom. The zero-order valence-electron chi connectivity index (χ0n) is 14.2. The summed E-state index contributed by atoms with van der Waals surface area (Å²) in [6.45, 7) is 1.32. The molecule has 0 aliphatic heterocycles. The van der Waals surface area contributed by atoms with Crippen LogP contribution in [0.5, 0.6) is 0 Å². The Bertz CT molecular complexity index is 806. The molecule has 0 heterocycles. The van der Waals surface area contributed by atoms with Crippen molar-refractivity contribution in [2.75, 3.05) is 18.4 Å². The fourth-order valence-corrected chi connectivity index (χ4v) is 2.68. The largest absolute Gasteiger partial charge is 0.418 e. The molecule has 0 unspecified atom stereocenters. The molecule has 0 radical (unpaired) electrons. The third-order valence-corrected chi connectivity index (χ3v) is 4.16. The molecule has 2 aromatic rings. The zero-order chi connectivity index (χ0) is 20.2. The van der Waals surface area contributed by atoms with Gasteiger partial charge in [-0.2, -0.15) is 13.2 Å². The number of likely N-dealkylation sites (N-methyl/N-ethyl adjacent to an activating group) is 1. The van der Waals surface area contributed by atoms with Crippen molar-refractivity contribution in [2.24, 2.45) is 0 Å². The minimum absolute atomic E-state index is 0.211. The molecule has 146 valence electrons. The van der Waals surface area contributed by atoms with Gasteiger partial charge in [-0.05, 0) is 30.8 Å². The third-order valence-electron chi connectivity index (χ3n) is 3.84. The second kappa shape index (κ2) is 8.67. The SMILES string of the molecule is CCN(CC(=O)Nc1c(Cl)cccc1C(F)(F)F)Cc1c(F)cccc1F. The first kappa shape index (κ1) is 21.1. The van der Waals surface area contributed by atoms with Crippen molar-refractivity contribution < 1.29 is 26.7 Å². The molecule has 0 spiro atoms. The minimum atomic E-state index is -4.70. The highest BCUT2D eigenvalue weighted by atomic mass is 35.5. The van der Waals surface area contributed by atoms with E-state index in [9.17, 15) is 26.7 Å². The molecule has 0 fully saturated rings. The maximum Gasteiger partial charge on any atom is 0.418 e. The number of nitrogens with zero attached hydrogens (tertiary/aromatic N) is 1. The number of nitrogens with one attached hydrogen (secondary N) is 1. The summed E-state index contributed by atoms with van der Waals surface area (Å²) in [5, 5.41) is 1.88. The Labute approximate surface area is 157 Å². The van der Waals surface area contributed by atoms with Crippen LogP contribution in [0.2, 0.25) is 5.02 Å². The summed E-state index contributed by atoms with van der Waals surface area (Å²) in [4.78, 5) is 13.6. The van der Waals surface area contributed by atoms with Crippen molar-refractivity contribution in [1.82, 2.24) is 4.90 Å². The van der Waals surface area contributed by atoms with Gasteiger partial charge in [-0.3, -0.25) is 9.69 Å². The zero-order valence-corrected chi connectivity index (χ0v) is 15.0. The summed E-state index contributed by atoms with van der Waals surface area (Å²) < 4.78 is 66.8. The van der Waals surface area contributed by atoms with E-state index in [0.29, 0.717) is 0 Å². The number of para-hydroxylation sites is 1. The van der Waals surface area contributed by atoms with Crippen LogP contribution in [0, 0.1) is 11.6 Å². The Morgan fingerprint density at radius 3 is 2.26 bits per heavy atom. The lowest BCUT2D eigenvalue weighted by atomic mass is 10.1. The molecule has 0 saturated heterocycles. The molecule has 3 nitrogen and oxygen atoms in total. The number of carbonyl (C=O) groups excluding carboxylic acids is 1. The van der Waals surface area contributed by atoms with Gasteiger partial charge in [0.15, 0.2) is 0 Å². The molecule has 1 N–H and O–H groups in total. The molecule has 0 aliphatic rings. The molecule has 1 amide bonds. The fraction of sp³-hybridized carbons (Fsp3) is 0.278. The number of anilines is 1. The summed E-state index contributed by atoms with van der Waals surface area (Å²) in [6.07, 6.45) is -4.70. The van der Waals surface area contributed by atoms with E-state index in [-0.39, 0.29) is 30.2 Å². The standard InChI is InChI=1S/C18H16ClF5N2O/c1-2-26(9-11-14(20)7-4-8-15(11)21)10-16(27)25-17-12(18(22,23)24)5-3-6-13(17)19/h3-8H,2,9-10H2,1H3,(H,25,27). The van der Waals surface area contributed by atoms with Crippen LogP contribution in [0.15, 0.2) is 36.4 Å². The quantitative estimate of drug-likeness (QED) is 0.677. The van der Waals surface area contributed by atoms with Crippen LogP contribution >= 0.6 is 11.6 Å². The fourth-order valence-electron chi connectivity index (χ4n) is 2.46. The molecule has 2 aromatic carbocycles. The number of benzene rings is 2. The summed E-state index contributed by atoms with van der Waals surface area (Å²) in [6, 6.07) is 6.54. The highest BCUT2D eigenvalue weighted by Gasteiger charge is 2.34. The van der Waals surface area contributed by atoms with Crippen LogP contribution in [0.25, 0.3) is 0 Å². The van der Waals surface area contributed by atoms with Crippen molar-refractivity contribution >= 4 is 23.2 Å². The topological polar surface area (TPSA) is 32.3 Å². The number of carbonyl (C=O) groups is 1. The van der Waals surface area contributed by atoms with E-state index in [1.807, 2.05) is 0 Å². The number of alkyl halides is 3. The molecular formula is C18H16ClF5N2O. The molecule has 0 aromatic heterocycles. The van der Waals surface area contributed by atoms with Crippen molar-refractivity contribution in [3.8, 4) is 0 Å². The van der Waals surface area contributed by atoms with E-state index >= 15 is 0 Å². The second-order valence-electron chi connectivity index (χ2n) is 5.71. The van der Waals surface area contributed by atoms with E-state index < -0.39 is 35.0 Å². The summed E-state index contributed by atoms with van der Waals surface area (Å²) in [5.74, 6) is -2.31. The van der Waals surface area contributed by atoms with Crippen molar-refractivity contribution in [3.63, 3.8) is 0 Å². The molecule has 9 heteroatoms. The van der Waals surface area contributed by atoms with Crippen LogP contribution in [-0.4, -0.2) is 23.9 Å². The Hall–Kier alpha value is -2.19. The van der Waals surface area contributed by atoms with Gasteiger partial charge < -0.3 is 5.32 Å². The van der Waals surface area contributed by atoms with Gasteiger partial charge in [0.2, 0.25) is 5.91 Å². The first-order valence-electron chi connectivity index (χ1n) is 7.94. The maximum absolute atomic E-state index is 13.8. The predicted molar refractivity (Wildman–Crippen MR) is 92.4 cm³/mol. The first-order valence-corrected chi connectivity index (χ1v) is 8.32. The predicted octanol–water partition coefficient (Wildman–Crippen LogP) is 5.10. The van der Waals surface area contributed by atoms with Crippen LogP contribution < -0.4 is 5.32 Å². The second-order valence-corrected chi connectivity index (χ2v) is 6.12. The Morgan fingerprint density at radius 2 is 1.70 bits per heavy atom. The van der Waals surface area contributed by atoms with Gasteiger partial charge in [-0.25, -0.2) is 8.78 Å². The smallest absolute Gasteiger partial charge is 0.323 e. The molecule has 0 atom stereocenters. The Balaban J connectivity index is 2.15. The number of halogens is 6. The molecule has 27 heavy (non-hydrogen) atoms. The summed E-state index contributed by atoms with van der Waals surface area (Å²) in [5.41, 5.74) is -1.85.